The minimum absolute atomic E-state index is 0.0321. The highest BCUT2D eigenvalue weighted by Gasteiger charge is 2.38. The minimum Gasteiger partial charge on any atom is -0.361 e. The molecule has 1 amide bonds. The molecule has 1 aromatic heterocycles. The first-order valence-electron chi connectivity index (χ1n) is 7.91. The Morgan fingerprint density at radius 2 is 1.71 bits per heavy atom. The van der Waals surface area contributed by atoms with Gasteiger partial charge in [-0.05, 0) is 36.8 Å². The van der Waals surface area contributed by atoms with Crippen molar-refractivity contribution in [3.63, 3.8) is 0 Å². The SMILES string of the molecule is Cc1ccccc1N[C@@H]1c2ccccc2C(=O)N1c1ccccn1. The van der Waals surface area contributed by atoms with Crippen LogP contribution in [0.5, 0.6) is 0 Å². The van der Waals surface area contributed by atoms with Gasteiger partial charge in [0.05, 0.1) is 0 Å². The predicted octanol–water partition coefficient (Wildman–Crippen LogP) is 4.16. The van der Waals surface area contributed by atoms with Gasteiger partial charge in [0.25, 0.3) is 5.91 Å². The van der Waals surface area contributed by atoms with E-state index >= 15 is 0 Å². The fraction of sp³-hybridized carbons (Fsp3) is 0.100. The maximum absolute atomic E-state index is 12.9. The Bertz CT molecular complexity index is 892. The van der Waals surface area contributed by atoms with Gasteiger partial charge < -0.3 is 5.32 Å². The Morgan fingerprint density at radius 3 is 2.50 bits per heavy atom. The Kier molecular flexibility index (Phi) is 3.50. The number of hydrogen-bond donors (Lipinski definition) is 1. The smallest absolute Gasteiger partial charge is 0.261 e. The highest BCUT2D eigenvalue weighted by molar-refractivity contribution is 6.11. The van der Waals surface area contributed by atoms with Crippen LogP contribution < -0.4 is 10.2 Å². The van der Waals surface area contributed by atoms with Gasteiger partial charge in [-0.1, -0.05) is 42.5 Å². The lowest BCUT2D eigenvalue weighted by molar-refractivity contribution is 0.0992. The van der Waals surface area contributed by atoms with Crippen molar-refractivity contribution in [2.45, 2.75) is 13.1 Å². The van der Waals surface area contributed by atoms with E-state index in [-0.39, 0.29) is 12.1 Å². The van der Waals surface area contributed by atoms with Gasteiger partial charge in [-0.3, -0.25) is 9.69 Å². The second-order valence-electron chi connectivity index (χ2n) is 5.81. The molecule has 0 spiro atoms. The minimum atomic E-state index is -0.273. The molecule has 24 heavy (non-hydrogen) atoms. The lowest BCUT2D eigenvalue weighted by atomic mass is 10.1. The number of aryl methyl sites for hydroxylation is 1. The fourth-order valence-corrected chi connectivity index (χ4v) is 3.07. The van der Waals surface area contributed by atoms with Crippen LogP contribution in [0.1, 0.15) is 27.7 Å². The summed E-state index contributed by atoms with van der Waals surface area (Å²) in [5, 5.41) is 3.51. The van der Waals surface area contributed by atoms with Crippen LogP contribution in [-0.2, 0) is 0 Å². The van der Waals surface area contributed by atoms with Gasteiger partial charge in [0.15, 0.2) is 0 Å². The van der Waals surface area contributed by atoms with Gasteiger partial charge in [-0.15, -0.1) is 0 Å². The summed E-state index contributed by atoms with van der Waals surface area (Å²) >= 11 is 0. The third kappa shape index (κ3) is 2.33. The van der Waals surface area contributed by atoms with Crippen molar-refractivity contribution in [1.29, 1.82) is 0 Å². The van der Waals surface area contributed by atoms with Crippen molar-refractivity contribution in [2.75, 3.05) is 10.2 Å². The van der Waals surface area contributed by atoms with E-state index in [0.29, 0.717) is 11.4 Å². The first kappa shape index (κ1) is 14.5. The number of aromatic nitrogens is 1. The van der Waals surface area contributed by atoms with E-state index in [1.807, 2.05) is 60.7 Å². The second-order valence-corrected chi connectivity index (χ2v) is 5.81. The Labute approximate surface area is 140 Å². The number of rotatable bonds is 3. The number of pyridine rings is 1. The normalized spacial score (nSPS) is 16.1. The average Bonchev–Trinajstić information content (AvgIpc) is 2.90. The zero-order chi connectivity index (χ0) is 16.5. The number of para-hydroxylation sites is 1. The third-order valence-corrected chi connectivity index (χ3v) is 4.30. The maximum Gasteiger partial charge on any atom is 0.261 e. The third-order valence-electron chi connectivity index (χ3n) is 4.30. The quantitative estimate of drug-likeness (QED) is 0.789. The topological polar surface area (TPSA) is 45.2 Å². The Balaban J connectivity index is 1.81. The highest BCUT2D eigenvalue weighted by atomic mass is 16.2. The van der Waals surface area contributed by atoms with E-state index in [9.17, 15) is 4.79 Å². The number of nitrogens with one attached hydrogen (secondary N) is 1. The molecular weight excluding hydrogens is 298 g/mol. The fourth-order valence-electron chi connectivity index (χ4n) is 3.07. The van der Waals surface area contributed by atoms with Crippen molar-refractivity contribution in [1.82, 2.24) is 4.98 Å². The van der Waals surface area contributed by atoms with Crippen LogP contribution >= 0.6 is 0 Å². The second kappa shape index (κ2) is 5.81. The van der Waals surface area contributed by atoms with Crippen LogP contribution in [0.15, 0.2) is 72.9 Å². The lowest BCUT2D eigenvalue weighted by Crippen LogP contribution is -2.33. The van der Waals surface area contributed by atoms with Crippen molar-refractivity contribution < 1.29 is 4.79 Å². The van der Waals surface area contributed by atoms with Gasteiger partial charge in [0.2, 0.25) is 0 Å². The summed E-state index contributed by atoms with van der Waals surface area (Å²) in [5.74, 6) is 0.611. The number of carbonyl (C=O) groups is 1. The summed E-state index contributed by atoms with van der Waals surface area (Å²) in [6.45, 7) is 2.05. The van der Waals surface area contributed by atoms with Crippen LogP contribution in [0.4, 0.5) is 11.5 Å². The number of nitrogens with zero attached hydrogens (tertiary/aromatic N) is 2. The van der Waals surface area contributed by atoms with E-state index in [2.05, 4.69) is 23.3 Å². The molecule has 4 nitrogen and oxygen atoms in total. The molecule has 1 aliphatic rings. The number of anilines is 2. The summed E-state index contributed by atoms with van der Waals surface area (Å²) in [7, 11) is 0. The number of fused-ring (bicyclic) bond motifs is 1. The van der Waals surface area contributed by atoms with Crippen molar-refractivity contribution in [2.24, 2.45) is 0 Å². The molecule has 1 atom stereocenters. The van der Waals surface area contributed by atoms with E-state index in [4.69, 9.17) is 0 Å². The van der Waals surface area contributed by atoms with Crippen LogP contribution in [0, 0.1) is 6.92 Å². The maximum atomic E-state index is 12.9. The van der Waals surface area contributed by atoms with Crippen LogP contribution in [0.3, 0.4) is 0 Å². The predicted molar refractivity (Wildman–Crippen MR) is 95.0 cm³/mol. The summed E-state index contributed by atoms with van der Waals surface area (Å²) in [5.41, 5.74) is 3.83. The van der Waals surface area contributed by atoms with Gasteiger partial charge in [-0.2, -0.15) is 0 Å². The zero-order valence-electron chi connectivity index (χ0n) is 13.3. The number of benzene rings is 2. The summed E-state index contributed by atoms with van der Waals surface area (Å²) in [6.07, 6.45) is 1.43. The van der Waals surface area contributed by atoms with Crippen molar-refractivity contribution in [3.8, 4) is 0 Å². The first-order chi connectivity index (χ1) is 11.8. The molecule has 4 rings (SSSR count). The summed E-state index contributed by atoms with van der Waals surface area (Å²) in [6, 6.07) is 21.4. The lowest BCUT2D eigenvalue weighted by Gasteiger charge is -2.26. The molecule has 4 heteroatoms. The summed E-state index contributed by atoms with van der Waals surface area (Å²) < 4.78 is 0. The molecule has 2 heterocycles. The van der Waals surface area contributed by atoms with Gasteiger partial charge in [0, 0.05) is 23.0 Å². The van der Waals surface area contributed by atoms with Crippen molar-refractivity contribution >= 4 is 17.4 Å². The molecule has 118 valence electrons. The molecule has 0 saturated carbocycles. The molecule has 0 unspecified atom stereocenters. The molecule has 0 bridgehead atoms. The molecule has 1 aliphatic heterocycles. The van der Waals surface area contributed by atoms with Crippen LogP contribution in [0.25, 0.3) is 0 Å². The van der Waals surface area contributed by atoms with Gasteiger partial charge in [-0.25, -0.2) is 4.98 Å². The Hall–Kier alpha value is -3.14. The molecule has 2 aromatic carbocycles. The molecule has 0 fully saturated rings. The van der Waals surface area contributed by atoms with Crippen LogP contribution in [0.2, 0.25) is 0 Å². The molecule has 3 aromatic rings. The van der Waals surface area contributed by atoms with E-state index in [1.54, 1.807) is 11.1 Å². The van der Waals surface area contributed by atoms with E-state index < -0.39 is 0 Å². The molecule has 0 radical (unpaired) electrons. The van der Waals surface area contributed by atoms with E-state index in [1.165, 1.54) is 0 Å². The van der Waals surface area contributed by atoms with Crippen LogP contribution in [-0.4, -0.2) is 10.9 Å². The molecule has 0 aliphatic carbocycles. The number of carbonyl (C=O) groups excluding carboxylic acids is 1. The Morgan fingerprint density at radius 1 is 0.958 bits per heavy atom. The standard InChI is InChI=1S/C20H17N3O/c1-14-8-2-5-11-17(14)22-19-15-9-3-4-10-16(15)20(24)23(19)18-12-6-7-13-21-18/h2-13,19,22H,1H3/t19-/m0/s1. The largest absolute Gasteiger partial charge is 0.361 e. The van der Waals surface area contributed by atoms with Crippen molar-refractivity contribution in [3.05, 3.63) is 89.6 Å². The number of hydrogen-bond acceptors (Lipinski definition) is 3. The highest BCUT2D eigenvalue weighted by Crippen LogP contribution is 2.37. The molecule has 1 N–H and O–H groups in total. The summed E-state index contributed by atoms with van der Waals surface area (Å²) in [4.78, 5) is 19.0. The zero-order valence-corrected chi connectivity index (χ0v) is 13.3. The monoisotopic (exact) mass is 315 g/mol. The molecular formula is C20H17N3O. The average molecular weight is 315 g/mol. The molecule has 0 saturated heterocycles. The first-order valence-corrected chi connectivity index (χ1v) is 7.91. The number of amides is 1. The van der Waals surface area contributed by atoms with E-state index in [0.717, 1.165) is 16.8 Å². The van der Waals surface area contributed by atoms with Gasteiger partial charge in [0.1, 0.15) is 12.0 Å². The van der Waals surface area contributed by atoms with Gasteiger partial charge >= 0.3 is 0 Å².